The highest BCUT2D eigenvalue weighted by Crippen LogP contribution is 2.24. The van der Waals surface area contributed by atoms with Gasteiger partial charge in [0.25, 0.3) is 0 Å². The lowest BCUT2D eigenvalue weighted by atomic mass is 9.96. The van der Waals surface area contributed by atoms with E-state index in [4.69, 9.17) is 4.74 Å². The fourth-order valence-corrected chi connectivity index (χ4v) is 2.38. The maximum atomic E-state index is 12.3. The van der Waals surface area contributed by atoms with Crippen LogP contribution in [-0.2, 0) is 9.53 Å². The second-order valence-electron chi connectivity index (χ2n) is 4.29. The first-order valence-corrected chi connectivity index (χ1v) is 5.61. The topological polar surface area (TPSA) is 41.9 Å². The standard InChI is InChI=1S/C12H14N2O2/c15-12-10-3-1-2-4-11(10)16-8-9-7-13-5-6-14(9)12/h1-5,9-11H,6-8H2. The van der Waals surface area contributed by atoms with Crippen molar-refractivity contribution in [1.82, 2.24) is 4.90 Å². The third-order valence-electron chi connectivity index (χ3n) is 3.30. The largest absolute Gasteiger partial charge is 0.371 e. The van der Waals surface area contributed by atoms with Gasteiger partial charge in [0.1, 0.15) is 0 Å². The highest BCUT2D eigenvalue weighted by molar-refractivity contribution is 5.85. The lowest BCUT2D eigenvalue weighted by molar-refractivity contribution is -0.134. The SMILES string of the molecule is O=C1C2C=CC=CC2OCC2CN=CCN12. The van der Waals surface area contributed by atoms with Crippen molar-refractivity contribution < 1.29 is 9.53 Å². The Morgan fingerprint density at radius 2 is 2.25 bits per heavy atom. The number of allylic oxidation sites excluding steroid dienone is 2. The molecule has 0 aromatic heterocycles. The van der Waals surface area contributed by atoms with Crippen LogP contribution in [-0.4, -0.2) is 48.9 Å². The molecule has 0 N–H and O–H groups in total. The monoisotopic (exact) mass is 218 g/mol. The zero-order valence-electron chi connectivity index (χ0n) is 8.95. The van der Waals surface area contributed by atoms with Crippen LogP contribution in [0.1, 0.15) is 0 Å². The molecule has 1 saturated heterocycles. The smallest absolute Gasteiger partial charge is 0.233 e. The molecule has 1 amide bonds. The molecular formula is C12H14N2O2. The fourth-order valence-electron chi connectivity index (χ4n) is 2.38. The molecule has 0 aromatic rings. The number of rotatable bonds is 0. The Kier molecular flexibility index (Phi) is 2.36. The molecule has 2 heterocycles. The van der Waals surface area contributed by atoms with Crippen molar-refractivity contribution in [3.05, 3.63) is 24.3 Å². The van der Waals surface area contributed by atoms with E-state index >= 15 is 0 Å². The van der Waals surface area contributed by atoms with Gasteiger partial charge in [-0.25, -0.2) is 0 Å². The van der Waals surface area contributed by atoms with Crippen molar-refractivity contribution >= 4 is 12.1 Å². The van der Waals surface area contributed by atoms with Gasteiger partial charge in [0.05, 0.1) is 37.8 Å². The fraction of sp³-hybridized carbons (Fsp3) is 0.500. The quantitative estimate of drug-likeness (QED) is 0.591. The van der Waals surface area contributed by atoms with Gasteiger partial charge >= 0.3 is 0 Å². The summed E-state index contributed by atoms with van der Waals surface area (Å²) in [6.07, 6.45) is 9.47. The van der Waals surface area contributed by atoms with Crippen LogP contribution < -0.4 is 0 Å². The van der Waals surface area contributed by atoms with Gasteiger partial charge in [-0.3, -0.25) is 9.79 Å². The summed E-state index contributed by atoms with van der Waals surface area (Å²) in [5.41, 5.74) is 0. The van der Waals surface area contributed by atoms with Gasteiger partial charge in [-0.1, -0.05) is 24.3 Å². The Bertz CT molecular complexity index is 386. The Balaban J connectivity index is 1.90. The van der Waals surface area contributed by atoms with Gasteiger partial charge < -0.3 is 9.64 Å². The first-order valence-electron chi connectivity index (χ1n) is 5.61. The first kappa shape index (κ1) is 9.78. The highest BCUT2D eigenvalue weighted by Gasteiger charge is 2.37. The van der Waals surface area contributed by atoms with Gasteiger partial charge in [0.15, 0.2) is 0 Å². The molecular weight excluding hydrogens is 204 g/mol. The van der Waals surface area contributed by atoms with Crippen molar-refractivity contribution in [3.63, 3.8) is 0 Å². The molecule has 0 spiro atoms. The Morgan fingerprint density at radius 3 is 3.19 bits per heavy atom. The molecule has 1 fully saturated rings. The van der Waals surface area contributed by atoms with E-state index in [1.54, 1.807) is 0 Å². The van der Waals surface area contributed by atoms with Gasteiger partial charge in [-0.05, 0) is 0 Å². The lowest BCUT2D eigenvalue weighted by Gasteiger charge is -2.31. The molecule has 0 bridgehead atoms. The molecule has 3 rings (SSSR count). The number of aliphatic imine (C=N–C) groups is 1. The zero-order chi connectivity index (χ0) is 11.0. The minimum Gasteiger partial charge on any atom is -0.371 e. The van der Waals surface area contributed by atoms with Crippen molar-refractivity contribution in [2.75, 3.05) is 19.7 Å². The molecule has 4 nitrogen and oxygen atoms in total. The minimum atomic E-state index is -0.151. The van der Waals surface area contributed by atoms with Gasteiger partial charge in [0, 0.05) is 6.21 Å². The predicted octanol–water partition coefficient (Wildman–Crippen LogP) is 0.409. The predicted molar refractivity (Wildman–Crippen MR) is 60.4 cm³/mol. The maximum Gasteiger partial charge on any atom is 0.233 e. The number of ether oxygens (including phenoxy) is 1. The van der Waals surface area contributed by atoms with Crippen molar-refractivity contribution in [2.45, 2.75) is 12.1 Å². The summed E-state index contributed by atoms with van der Waals surface area (Å²) in [6, 6.07) is 0.116. The maximum absolute atomic E-state index is 12.3. The molecule has 1 aliphatic carbocycles. The average Bonchev–Trinajstić information content (AvgIpc) is 2.49. The molecule has 0 radical (unpaired) electrons. The number of carbonyl (C=O) groups is 1. The van der Waals surface area contributed by atoms with Crippen molar-refractivity contribution in [2.24, 2.45) is 10.9 Å². The lowest BCUT2D eigenvalue weighted by Crippen LogP contribution is -2.48. The number of nitrogens with zero attached hydrogens (tertiary/aromatic N) is 2. The number of carbonyl (C=O) groups excluding carboxylic acids is 1. The van der Waals surface area contributed by atoms with Crippen LogP contribution in [0.25, 0.3) is 0 Å². The van der Waals surface area contributed by atoms with E-state index in [1.165, 1.54) is 0 Å². The summed E-state index contributed by atoms with van der Waals surface area (Å²) < 4.78 is 5.77. The Labute approximate surface area is 94.3 Å². The van der Waals surface area contributed by atoms with Crippen LogP contribution in [0.2, 0.25) is 0 Å². The molecule has 2 aliphatic heterocycles. The van der Waals surface area contributed by atoms with Crippen LogP contribution >= 0.6 is 0 Å². The van der Waals surface area contributed by atoms with Gasteiger partial charge in [0.2, 0.25) is 5.91 Å². The molecule has 0 aromatic carbocycles. The van der Waals surface area contributed by atoms with Crippen molar-refractivity contribution in [1.29, 1.82) is 0 Å². The Morgan fingerprint density at radius 1 is 1.38 bits per heavy atom. The second-order valence-corrected chi connectivity index (χ2v) is 4.29. The summed E-state index contributed by atoms with van der Waals surface area (Å²) in [6.45, 7) is 1.87. The summed E-state index contributed by atoms with van der Waals surface area (Å²) in [5, 5.41) is 0. The molecule has 3 atom stereocenters. The van der Waals surface area contributed by atoms with Crippen LogP contribution in [0.15, 0.2) is 29.3 Å². The zero-order valence-corrected chi connectivity index (χ0v) is 8.95. The third kappa shape index (κ3) is 1.50. The van der Waals surface area contributed by atoms with Crippen LogP contribution in [0.3, 0.4) is 0 Å². The molecule has 84 valence electrons. The summed E-state index contributed by atoms with van der Waals surface area (Å²) in [5.74, 6) is 0.0146. The number of hydrogen-bond acceptors (Lipinski definition) is 3. The summed E-state index contributed by atoms with van der Waals surface area (Å²) >= 11 is 0. The average molecular weight is 218 g/mol. The molecule has 3 unspecified atom stereocenters. The van der Waals surface area contributed by atoms with Gasteiger partial charge in [-0.2, -0.15) is 0 Å². The van der Waals surface area contributed by atoms with Crippen molar-refractivity contribution in [3.8, 4) is 0 Å². The van der Waals surface area contributed by atoms with E-state index in [-0.39, 0.29) is 24.0 Å². The van der Waals surface area contributed by atoms with Crippen LogP contribution in [0.4, 0.5) is 0 Å². The molecule has 0 saturated carbocycles. The highest BCUT2D eigenvalue weighted by atomic mass is 16.5. The first-order chi connectivity index (χ1) is 7.86. The summed E-state index contributed by atoms with van der Waals surface area (Å²) in [4.78, 5) is 18.4. The number of fused-ring (bicyclic) bond motifs is 2. The summed E-state index contributed by atoms with van der Waals surface area (Å²) in [7, 11) is 0. The number of amides is 1. The van der Waals surface area contributed by atoms with Crippen LogP contribution in [0, 0.1) is 5.92 Å². The van der Waals surface area contributed by atoms with E-state index in [0.29, 0.717) is 19.7 Å². The normalized spacial score (nSPS) is 36.9. The second kappa shape index (κ2) is 3.87. The Hall–Kier alpha value is -1.42. The number of hydrogen-bond donors (Lipinski definition) is 0. The molecule has 3 aliphatic rings. The van der Waals surface area contributed by atoms with E-state index in [9.17, 15) is 4.79 Å². The van der Waals surface area contributed by atoms with E-state index in [0.717, 1.165) is 0 Å². The van der Waals surface area contributed by atoms with E-state index in [2.05, 4.69) is 4.99 Å². The van der Waals surface area contributed by atoms with Gasteiger partial charge in [-0.15, -0.1) is 0 Å². The van der Waals surface area contributed by atoms with E-state index in [1.807, 2.05) is 35.4 Å². The van der Waals surface area contributed by atoms with Crippen LogP contribution in [0.5, 0.6) is 0 Å². The molecule has 4 heteroatoms. The van der Waals surface area contributed by atoms with E-state index < -0.39 is 0 Å². The third-order valence-corrected chi connectivity index (χ3v) is 3.30. The molecule has 16 heavy (non-hydrogen) atoms. The minimum absolute atomic E-state index is 0.0944.